The Morgan fingerprint density at radius 3 is 3.05 bits per heavy atom. The Hall–Kier alpha value is -2.69. The lowest BCUT2D eigenvalue weighted by Crippen LogP contribution is -2.15. The van der Waals surface area contributed by atoms with Crippen LogP contribution in [0.25, 0.3) is 11.0 Å². The molecule has 0 saturated carbocycles. The third-order valence-corrected chi connectivity index (χ3v) is 2.98. The van der Waals surface area contributed by atoms with Gasteiger partial charge in [-0.05, 0) is 36.2 Å². The van der Waals surface area contributed by atoms with Gasteiger partial charge in [0.2, 0.25) is 11.9 Å². The summed E-state index contributed by atoms with van der Waals surface area (Å²) in [5.74, 6) is 0.355. The number of pyridine rings is 1. The second kappa shape index (κ2) is 5.13. The van der Waals surface area contributed by atoms with Gasteiger partial charge in [-0.15, -0.1) is 0 Å². The Labute approximate surface area is 116 Å². The summed E-state index contributed by atoms with van der Waals surface area (Å²) in [6, 6.07) is 9.60. The van der Waals surface area contributed by atoms with Gasteiger partial charge in [0.1, 0.15) is 0 Å². The van der Waals surface area contributed by atoms with Crippen LogP contribution in [0.3, 0.4) is 0 Å². The number of H-pyrrole nitrogens is 1. The first-order valence-corrected chi connectivity index (χ1v) is 6.36. The molecule has 20 heavy (non-hydrogen) atoms. The molecule has 0 radical (unpaired) electrons. The molecule has 0 aliphatic carbocycles. The van der Waals surface area contributed by atoms with Gasteiger partial charge in [0, 0.05) is 12.4 Å². The first-order chi connectivity index (χ1) is 9.70. The summed E-state index contributed by atoms with van der Waals surface area (Å²) in [5.41, 5.74) is 3.78. The average molecular weight is 266 g/mol. The highest BCUT2D eigenvalue weighted by atomic mass is 16.1. The maximum atomic E-state index is 11.9. The van der Waals surface area contributed by atoms with Crippen LogP contribution in [0.5, 0.6) is 0 Å². The van der Waals surface area contributed by atoms with Crippen LogP contribution < -0.4 is 5.32 Å². The number of aryl methyl sites for hydroxylation is 1. The summed E-state index contributed by atoms with van der Waals surface area (Å²) < 4.78 is 0. The molecule has 3 rings (SSSR count). The normalized spacial score (nSPS) is 10.7. The minimum atomic E-state index is -0.117. The zero-order valence-corrected chi connectivity index (χ0v) is 11.1. The third kappa shape index (κ3) is 2.66. The molecule has 100 valence electrons. The first-order valence-electron chi connectivity index (χ1n) is 6.36. The van der Waals surface area contributed by atoms with Crippen molar-refractivity contribution < 1.29 is 4.79 Å². The molecular formula is C15H14N4O. The van der Waals surface area contributed by atoms with Gasteiger partial charge in [0.05, 0.1) is 17.5 Å². The number of rotatable bonds is 3. The summed E-state index contributed by atoms with van der Waals surface area (Å²) in [6.45, 7) is 2.01. The largest absolute Gasteiger partial charge is 0.324 e. The number of amides is 1. The lowest BCUT2D eigenvalue weighted by molar-refractivity contribution is -0.115. The van der Waals surface area contributed by atoms with E-state index in [2.05, 4.69) is 20.3 Å². The van der Waals surface area contributed by atoms with E-state index in [4.69, 9.17) is 0 Å². The number of nitrogens with zero attached hydrogens (tertiary/aromatic N) is 2. The Balaban J connectivity index is 1.74. The van der Waals surface area contributed by atoms with Gasteiger partial charge in [-0.25, -0.2) is 4.98 Å². The van der Waals surface area contributed by atoms with E-state index in [-0.39, 0.29) is 12.3 Å². The van der Waals surface area contributed by atoms with Gasteiger partial charge in [0.25, 0.3) is 0 Å². The molecule has 0 aliphatic heterocycles. The number of carbonyl (C=O) groups excluding carboxylic acids is 1. The molecule has 3 aromatic rings. The third-order valence-electron chi connectivity index (χ3n) is 2.98. The van der Waals surface area contributed by atoms with Crippen molar-refractivity contribution in [2.75, 3.05) is 5.32 Å². The lowest BCUT2D eigenvalue weighted by atomic mass is 10.2. The molecular weight excluding hydrogens is 252 g/mol. The van der Waals surface area contributed by atoms with E-state index in [9.17, 15) is 4.79 Å². The zero-order valence-electron chi connectivity index (χ0n) is 11.1. The number of hydrogen-bond acceptors (Lipinski definition) is 3. The van der Waals surface area contributed by atoms with Crippen molar-refractivity contribution in [1.29, 1.82) is 0 Å². The molecule has 0 spiro atoms. The van der Waals surface area contributed by atoms with Crippen LogP contribution in [-0.2, 0) is 11.2 Å². The number of aromatic amines is 1. The lowest BCUT2D eigenvalue weighted by Gasteiger charge is -2.01. The predicted molar refractivity (Wildman–Crippen MR) is 77.4 cm³/mol. The van der Waals surface area contributed by atoms with Gasteiger partial charge in [0.15, 0.2) is 0 Å². The number of carbonyl (C=O) groups is 1. The van der Waals surface area contributed by atoms with Crippen molar-refractivity contribution in [3.63, 3.8) is 0 Å². The van der Waals surface area contributed by atoms with E-state index in [1.54, 1.807) is 12.4 Å². The van der Waals surface area contributed by atoms with Crippen LogP contribution in [0.2, 0.25) is 0 Å². The van der Waals surface area contributed by atoms with Gasteiger partial charge in [-0.3, -0.25) is 15.1 Å². The fourth-order valence-corrected chi connectivity index (χ4v) is 2.05. The minimum absolute atomic E-state index is 0.117. The van der Waals surface area contributed by atoms with E-state index in [1.165, 1.54) is 0 Å². The molecule has 0 fully saturated rings. The predicted octanol–water partition coefficient (Wildman–Crippen LogP) is 2.45. The average Bonchev–Trinajstić information content (AvgIpc) is 2.80. The fraction of sp³-hybridized carbons (Fsp3) is 0.133. The maximum Gasteiger partial charge on any atom is 0.231 e. The van der Waals surface area contributed by atoms with Gasteiger partial charge < -0.3 is 4.98 Å². The Morgan fingerprint density at radius 2 is 2.25 bits per heavy atom. The van der Waals surface area contributed by atoms with Gasteiger partial charge >= 0.3 is 0 Å². The molecule has 5 heteroatoms. The summed E-state index contributed by atoms with van der Waals surface area (Å²) in [5, 5.41) is 2.77. The van der Waals surface area contributed by atoms with Crippen molar-refractivity contribution in [1.82, 2.24) is 15.0 Å². The number of anilines is 1. The van der Waals surface area contributed by atoms with Gasteiger partial charge in [-0.1, -0.05) is 12.1 Å². The number of hydrogen-bond donors (Lipinski definition) is 2. The van der Waals surface area contributed by atoms with Gasteiger partial charge in [-0.2, -0.15) is 0 Å². The van der Waals surface area contributed by atoms with E-state index in [0.29, 0.717) is 5.95 Å². The second-order valence-electron chi connectivity index (χ2n) is 4.69. The smallest absolute Gasteiger partial charge is 0.231 e. The monoisotopic (exact) mass is 266 g/mol. The molecule has 0 aliphatic rings. The van der Waals surface area contributed by atoms with Crippen LogP contribution in [-0.4, -0.2) is 20.9 Å². The standard InChI is InChI=1S/C15H14N4O/c1-10-4-5-12-13(7-10)18-15(17-12)19-14(20)8-11-3-2-6-16-9-11/h2-7,9H,8H2,1H3,(H2,17,18,19,20). The number of imidazole rings is 1. The van der Waals surface area contributed by atoms with E-state index < -0.39 is 0 Å². The SMILES string of the molecule is Cc1ccc2nc(NC(=O)Cc3cccnc3)[nH]c2c1. The second-order valence-corrected chi connectivity index (χ2v) is 4.69. The molecule has 0 bridgehead atoms. The molecule has 2 N–H and O–H groups in total. The molecule has 5 nitrogen and oxygen atoms in total. The Bertz CT molecular complexity index is 749. The van der Waals surface area contributed by atoms with Crippen molar-refractivity contribution in [2.24, 2.45) is 0 Å². The number of benzene rings is 1. The summed E-state index contributed by atoms with van der Waals surface area (Å²) >= 11 is 0. The topological polar surface area (TPSA) is 70.7 Å². The zero-order chi connectivity index (χ0) is 13.9. The van der Waals surface area contributed by atoms with Crippen LogP contribution in [0.15, 0.2) is 42.7 Å². The highest BCUT2D eigenvalue weighted by Crippen LogP contribution is 2.15. The fourth-order valence-electron chi connectivity index (χ4n) is 2.05. The summed E-state index contributed by atoms with van der Waals surface area (Å²) in [4.78, 5) is 23.3. The van der Waals surface area contributed by atoms with Crippen LogP contribution in [0.1, 0.15) is 11.1 Å². The van der Waals surface area contributed by atoms with Crippen LogP contribution in [0.4, 0.5) is 5.95 Å². The van der Waals surface area contributed by atoms with Crippen molar-refractivity contribution in [3.05, 3.63) is 53.9 Å². The number of aromatic nitrogens is 3. The highest BCUT2D eigenvalue weighted by Gasteiger charge is 2.08. The van der Waals surface area contributed by atoms with Crippen LogP contribution >= 0.6 is 0 Å². The molecule has 0 atom stereocenters. The highest BCUT2D eigenvalue weighted by molar-refractivity contribution is 5.92. The molecule has 2 heterocycles. The Kier molecular flexibility index (Phi) is 3.16. The molecule has 0 saturated heterocycles. The van der Waals surface area contributed by atoms with E-state index in [0.717, 1.165) is 22.2 Å². The first kappa shape index (κ1) is 12.3. The quantitative estimate of drug-likeness (QED) is 0.765. The van der Waals surface area contributed by atoms with E-state index in [1.807, 2.05) is 37.3 Å². The van der Waals surface area contributed by atoms with Crippen molar-refractivity contribution >= 4 is 22.9 Å². The van der Waals surface area contributed by atoms with Crippen molar-refractivity contribution in [3.8, 4) is 0 Å². The maximum absolute atomic E-state index is 11.9. The molecule has 2 aromatic heterocycles. The molecule has 1 amide bonds. The molecule has 0 unspecified atom stereocenters. The summed E-state index contributed by atoms with van der Waals surface area (Å²) in [6.07, 6.45) is 3.65. The van der Waals surface area contributed by atoms with E-state index >= 15 is 0 Å². The number of nitrogens with one attached hydrogen (secondary N) is 2. The van der Waals surface area contributed by atoms with Crippen LogP contribution in [0, 0.1) is 6.92 Å². The number of fused-ring (bicyclic) bond motifs is 1. The Morgan fingerprint density at radius 1 is 1.35 bits per heavy atom. The minimum Gasteiger partial charge on any atom is -0.324 e. The summed E-state index contributed by atoms with van der Waals surface area (Å²) in [7, 11) is 0. The molecule has 1 aromatic carbocycles. The van der Waals surface area contributed by atoms with Crippen molar-refractivity contribution in [2.45, 2.75) is 13.3 Å².